The molecule has 0 bridgehead atoms. The molecule has 32 heavy (non-hydrogen) atoms. The largest absolute Gasteiger partial charge is 0.482 e. The van der Waals surface area contributed by atoms with Gasteiger partial charge in [-0.05, 0) is 48.0 Å². The van der Waals surface area contributed by atoms with Gasteiger partial charge in [0.1, 0.15) is 34.7 Å². The third-order valence-electron chi connectivity index (χ3n) is 4.77. The molecule has 0 saturated carbocycles. The maximum atomic E-state index is 12.9. The highest BCUT2D eigenvalue weighted by Crippen LogP contribution is 2.43. The summed E-state index contributed by atoms with van der Waals surface area (Å²) in [6, 6.07) is 19.3. The highest BCUT2D eigenvalue weighted by molar-refractivity contribution is 6.30. The summed E-state index contributed by atoms with van der Waals surface area (Å²) < 4.78 is 29.2. The van der Waals surface area contributed by atoms with Crippen LogP contribution in [0.15, 0.2) is 78.2 Å². The monoisotopic (exact) mass is 450 g/mol. The van der Waals surface area contributed by atoms with Gasteiger partial charge in [-0.1, -0.05) is 29.8 Å². The number of nitriles is 1. The Labute approximate surface area is 188 Å². The van der Waals surface area contributed by atoms with Crippen molar-refractivity contribution in [3.05, 3.63) is 100 Å². The molecule has 1 heterocycles. The molecule has 2 N–H and O–H groups in total. The number of hydrogen-bond donors (Lipinski definition) is 1. The van der Waals surface area contributed by atoms with Crippen LogP contribution in [0.25, 0.3) is 0 Å². The van der Waals surface area contributed by atoms with Gasteiger partial charge in [0.15, 0.2) is 6.61 Å². The molecule has 8 heteroatoms. The Hall–Kier alpha value is -4.02. The SMILES string of the molecule is N#CC1=C(N)Oc2cc(OC(=O)COc3ccc(F)cc3)ccc2C1c1cccc(Cl)c1. The Morgan fingerprint density at radius 3 is 2.59 bits per heavy atom. The molecular formula is C24H16ClFN2O4. The molecule has 0 spiro atoms. The minimum absolute atomic E-state index is 0.0342. The molecule has 1 unspecified atom stereocenters. The van der Waals surface area contributed by atoms with E-state index >= 15 is 0 Å². The number of ether oxygens (including phenoxy) is 3. The molecule has 0 aliphatic carbocycles. The highest BCUT2D eigenvalue weighted by atomic mass is 35.5. The quantitative estimate of drug-likeness (QED) is 0.448. The number of fused-ring (bicyclic) bond motifs is 1. The molecule has 6 nitrogen and oxygen atoms in total. The average Bonchev–Trinajstić information content (AvgIpc) is 2.77. The summed E-state index contributed by atoms with van der Waals surface area (Å²) in [6.45, 7) is -0.366. The number of rotatable bonds is 5. The number of benzene rings is 3. The van der Waals surface area contributed by atoms with E-state index in [1.165, 1.54) is 30.3 Å². The van der Waals surface area contributed by atoms with Gasteiger partial charge in [-0.3, -0.25) is 0 Å². The summed E-state index contributed by atoms with van der Waals surface area (Å²) in [4.78, 5) is 12.2. The second-order valence-corrected chi connectivity index (χ2v) is 7.33. The molecule has 1 aliphatic rings. The van der Waals surface area contributed by atoms with Gasteiger partial charge in [0.05, 0.1) is 5.92 Å². The Bertz CT molecular complexity index is 1250. The molecular weight excluding hydrogens is 435 g/mol. The van der Waals surface area contributed by atoms with Crippen LogP contribution in [0.4, 0.5) is 4.39 Å². The molecule has 3 aromatic carbocycles. The van der Waals surface area contributed by atoms with Crippen molar-refractivity contribution < 1.29 is 23.4 Å². The minimum atomic E-state index is -0.655. The fraction of sp³-hybridized carbons (Fsp3) is 0.0833. The van der Waals surface area contributed by atoms with Crippen molar-refractivity contribution in [3.63, 3.8) is 0 Å². The zero-order chi connectivity index (χ0) is 22.7. The van der Waals surface area contributed by atoms with Crippen LogP contribution in [0.5, 0.6) is 17.2 Å². The van der Waals surface area contributed by atoms with E-state index in [4.69, 9.17) is 31.5 Å². The Kier molecular flexibility index (Phi) is 5.97. The number of halogens is 2. The van der Waals surface area contributed by atoms with Gasteiger partial charge < -0.3 is 19.9 Å². The molecule has 4 rings (SSSR count). The summed E-state index contributed by atoms with van der Waals surface area (Å²) >= 11 is 6.13. The van der Waals surface area contributed by atoms with Crippen molar-refractivity contribution in [2.45, 2.75) is 5.92 Å². The van der Waals surface area contributed by atoms with Crippen LogP contribution >= 0.6 is 11.6 Å². The maximum absolute atomic E-state index is 12.9. The molecule has 0 aromatic heterocycles. The van der Waals surface area contributed by atoms with Crippen molar-refractivity contribution in [2.24, 2.45) is 5.73 Å². The maximum Gasteiger partial charge on any atom is 0.349 e. The number of esters is 1. The van der Waals surface area contributed by atoms with Gasteiger partial charge in [0.25, 0.3) is 0 Å². The van der Waals surface area contributed by atoms with Crippen molar-refractivity contribution in [1.82, 2.24) is 0 Å². The molecule has 0 amide bonds. The van der Waals surface area contributed by atoms with E-state index in [2.05, 4.69) is 6.07 Å². The zero-order valence-corrected chi connectivity index (χ0v) is 17.3. The van der Waals surface area contributed by atoms with E-state index in [9.17, 15) is 14.4 Å². The first kappa shape index (κ1) is 21.2. The Morgan fingerprint density at radius 2 is 1.88 bits per heavy atom. The number of allylic oxidation sites excluding steroid dienone is 1. The lowest BCUT2D eigenvalue weighted by molar-refractivity contribution is -0.136. The lowest BCUT2D eigenvalue weighted by atomic mass is 9.83. The van der Waals surface area contributed by atoms with Crippen molar-refractivity contribution in [3.8, 4) is 23.3 Å². The molecule has 0 saturated heterocycles. The van der Waals surface area contributed by atoms with E-state index < -0.39 is 17.7 Å². The van der Waals surface area contributed by atoms with Gasteiger partial charge in [-0.15, -0.1) is 0 Å². The molecule has 3 aromatic rings. The number of carbonyl (C=O) groups is 1. The van der Waals surface area contributed by atoms with Crippen LogP contribution in [0.2, 0.25) is 5.02 Å². The number of nitrogens with two attached hydrogens (primary N) is 1. The van der Waals surface area contributed by atoms with Crippen LogP contribution in [0.3, 0.4) is 0 Å². The minimum Gasteiger partial charge on any atom is -0.482 e. The first-order valence-electron chi connectivity index (χ1n) is 9.50. The van der Waals surface area contributed by atoms with Crippen LogP contribution < -0.4 is 19.9 Å². The lowest BCUT2D eigenvalue weighted by Gasteiger charge is -2.26. The van der Waals surface area contributed by atoms with Crippen LogP contribution in [-0.4, -0.2) is 12.6 Å². The molecule has 1 atom stereocenters. The zero-order valence-electron chi connectivity index (χ0n) is 16.5. The third kappa shape index (κ3) is 4.51. The number of carbonyl (C=O) groups excluding carboxylic acids is 1. The van der Waals surface area contributed by atoms with Gasteiger partial charge in [0, 0.05) is 16.7 Å². The predicted molar refractivity (Wildman–Crippen MR) is 115 cm³/mol. The topological polar surface area (TPSA) is 94.6 Å². The van der Waals surface area contributed by atoms with E-state index in [0.29, 0.717) is 22.1 Å². The second-order valence-electron chi connectivity index (χ2n) is 6.90. The van der Waals surface area contributed by atoms with Crippen LogP contribution in [-0.2, 0) is 4.79 Å². The third-order valence-corrected chi connectivity index (χ3v) is 5.01. The summed E-state index contributed by atoms with van der Waals surface area (Å²) in [5.41, 5.74) is 7.71. The predicted octanol–water partition coefficient (Wildman–Crippen LogP) is 4.68. The van der Waals surface area contributed by atoms with E-state index in [0.717, 1.165) is 5.56 Å². The van der Waals surface area contributed by atoms with Crippen LogP contribution in [0.1, 0.15) is 17.0 Å². The normalized spacial score (nSPS) is 14.7. The van der Waals surface area contributed by atoms with Gasteiger partial charge >= 0.3 is 5.97 Å². The number of hydrogen-bond acceptors (Lipinski definition) is 6. The van der Waals surface area contributed by atoms with Gasteiger partial charge in [-0.2, -0.15) is 5.26 Å². The molecule has 0 radical (unpaired) electrons. The first-order valence-corrected chi connectivity index (χ1v) is 9.88. The molecule has 1 aliphatic heterocycles. The summed E-state index contributed by atoms with van der Waals surface area (Å²) in [5.74, 6) is -0.660. The summed E-state index contributed by atoms with van der Waals surface area (Å²) in [7, 11) is 0. The van der Waals surface area contributed by atoms with E-state index in [-0.39, 0.29) is 23.8 Å². The Morgan fingerprint density at radius 1 is 1.12 bits per heavy atom. The number of nitrogens with zero attached hydrogens (tertiary/aromatic N) is 1. The average molecular weight is 451 g/mol. The van der Waals surface area contributed by atoms with E-state index in [1.54, 1.807) is 30.3 Å². The first-order chi connectivity index (χ1) is 15.4. The van der Waals surface area contributed by atoms with Crippen molar-refractivity contribution in [1.29, 1.82) is 5.26 Å². The fourth-order valence-electron chi connectivity index (χ4n) is 3.36. The standard InChI is InChI=1S/C24H16ClFN2O4/c25-15-3-1-2-14(10-15)23-19-9-8-18(11-21(19)32-24(28)20(23)12-27)31-22(29)13-30-17-6-4-16(26)5-7-17/h1-11,23H,13,28H2. The van der Waals surface area contributed by atoms with Crippen LogP contribution in [0, 0.1) is 17.1 Å². The summed E-state index contributed by atoms with van der Waals surface area (Å²) in [6.07, 6.45) is 0. The van der Waals surface area contributed by atoms with Gasteiger partial charge in [-0.25, -0.2) is 9.18 Å². The smallest absolute Gasteiger partial charge is 0.349 e. The second kappa shape index (κ2) is 9.00. The molecule has 160 valence electrons. The summed E-state index contributed by atoms with van der Waals surface area (Å²) in [5, 5.41) is 10.2. The van der Waals surface area contributed by atoms with Crippen molar-refractivity contribution in [2.75, 3.05) is 6.61 Å². The van der Waals surface area contributed by atoms with Gasteiger partial charge in [0.2, 0.25) is 5.88 Å². The lowest BCUT2D eigenvalue weighted by Crippen LogP contribution is -2.21. The van der Waals surface area contributed by atoms with Crippen molar-refractivity contribution >= 4 is 17.6 Å². The molecule has 0 fully saturated rings. The Balaban J connectivity index is 1.54. The fourth-order valence-corrected chi connectivity index (χ4v) is 3.56. The van der Waals surface area contributed by atoms with E-state index in [1.807, 2.05) is 6.07 Å². The highest BCUT2D eigenvalue weighted by Gasteiger charge is 2.31.